The highest BCUT2D eigenvalue weighted by molar-refractivity contribution is 6.13. The maximum Gasteiger partial charge on any atom is 0.193 e. The fourth-order valence-electron chi connectivity index (χ4n) is 5.25. The molecular formula is C30H31NO. The summed E-state index contributed by atoms with van der Waals surface area (Å²) in [6, 6.07) is 23.1. The molecule has 0 atom stereocenters. The number of rotatable bonds is 5. The van der Waals surface area contributed by atoms with Gasteiger partial charge in [-0.1, -0.05) is 67.1 Å². The number of ketones is 1. The first-order valence-electron chi connectivity index (χ1n) is 11.9. The highest BCUT2D eigenvalue weighted by Crippen LogP contribution is 2.29. The maximum atomic E-state index is 13.8. The fraction of sp³-hybridized carbons (Fsp3) is 0.300. The van der Waals surface area contributed by atoms with Crippen LogP contribution >= 0.6 is 0 Å². The van der Waals surface area contributed by atoms with Gasteiger partial charge in [-0.2, -0.15) is 0 Å². The zero-order chi connectivity index (χ0) is 22.1. The minimum atomic E-state index is 0.130. The Kier molecular flexibility index (Phi) is 5.80. The third-order valence-corrected chi connectivity index (χ3v) is 7.12. The van der Waals surface area contributed by atoms with E-state index in [2.05, 4.69) is 79.4 Å². The number of fused-ring (bicyclic) bond motifs is 2. The van der Waals surface area contributed by atoms with Gasteiger partial charge in [-0.3, -0.25) is 4.79 Å². The predicted octanol–water partition coefficient (Wildman–Crippen LogP) is 6.87. The van der Waals surface area contributed by atoms with Gasteiger partial charge in [0.25, 0.3) is 0 Å². The lowest BCUT2D eigenvalue weighted by molar-refractivity contribution is 0.103. The van der Waals surface area contributed by atoms with Crippen molar-refractivity contribution in [2.75, 3.05) is 19.6 Å². The summed E-state index contributed by atoms with van der Waals surface area (Å²) in [6.45, 7) is 7.65. The Hall–Kier alpha value is -2.97. The second kappa shape index (κ2) is 8.88. The Balaban J connectivity index is 1.57. The van der Waals surface area contributed by atoms with Crippen LogP contribution < -0.4 is 0 Å². The minimum absolute atomic E-state index is 0.130. The first-order valence-corrected chi connectivity index (χ1v) is 11.9. The number of aryl methyl sites for hydroxylation is 2. The molecule has 2 nitrogen and oxygen atoms in total. The van der Waals surface area contributed by atoms with Gasteiger partial charge in [0.05, 0.1) is 0 Å². The smallest absolute Gasteiger partial charge is 0.193 e. The van der Waals surface area contributed by atoms with Gasteiger partial charge >= 0.3 is 0 Å². The maximum absolute atomic E-state index is 13.8. The number of hydrogen-bond donors (Lipinski definition) is 0. The third-order valence-electron chi connectivity index (χ3n) is 7.12. The van der Waals surface area contributed by atoms with Crippen LogP contribution in [-0.4, -0.2) is 30.3 Å². The normalized spacial score (nSPS) is 14.8. The summed E-state index contributed by atoms with van der Waals surface area (Å²) in [6.07, 6.45) is 4.83. The summed E-state index contributed by atoms with van der Waals surface area (Å²) in [5, 5.41) is 4.82. The van der Waals surface area contributed by atoms with Crippen molar-refractivity contribution in [1.82, 2.24) is 4.90 Å². The van der Waals surface area contributed by atoms with Gasteiger partial charge < -0.3 is 4.90 Å². The molecule has 32 heavy (non-hydrogen) atoms. The van der Waals surface area contributed by atoms with Gasteiger partial charge in [0, 0.05) is 17.7 Å². The summed E-state index contributed by atoms with van der Waals surface area (Å²) in [4.78, 5) is 16.3. The molecule has 1 aliphatic rings. The fourth-order valence-corrected chi connectivity index (χ4v) is 5.25. The summed E-state index contributed by atoms with van der Waals surface area (Å²) in [7, 11) is 0. The van der Waals surface area contributed by atoms with E-state index in [1.165, 1.54) is 65.2 Å². The minimum Gasteiger partial charge on any atom is -0.303 e. The van der Waals surface area contributed by atoms with E-state index >= 15 is 0 Å². The second-order valence-corrected chi connectivity index (χ2v) is 9.25. The van der Waals surface area contributed by atoms with Gasteiger partial charge in [0.2, 0.25) is 0 Å². The molecule has 1 aliphatic heterocycles. The lowest BCUT2D eigenvalue weighted by Gasteiger charge is -2.27. The lowest BCUT2D eigenvalue weighted by Crippen LogP contribution is -2.31. The van der Waals surface area contributed by atoms with Crippen LogP contribution in [0.15, 0.2) is 66.7 Å². The van der Waals surface area contributed by atoms with Gasteiger partial charge in [0.1, 0.15) is 0 Å². The summed E-state index contributed by atoms with van der Waals surface area (Å²) < 4.78 is 0. The quantitative estimate of drug-likeness (QED) is 0.328. The van der Waals surface area contributed by atoms with Crippen molar-refractivity contribution in [3.05, 3.63) is 94.5 Å². The molecule has 162 valence electrons. The Labute approximate surface area is 190 Å². The van der Waals surface area contributed by atoms with Crippen LogP contribution in [0.25, 0.3) is 21.5 Å². The van der Waals surface area contributed by atoms with Crippen LogP contribution in [0.1, 0.15) is 51.9 Å². The average molecular weight is 422 g/mol. The van der Waals surface area contributed by atoms with Crippen LogP contribution in [0.3, 0.4) is 0 Å². The highest BCUT2D eigenvalue weighted by Gasteiger charge is 2.19. The number of nitrogens with zero attached hydrogens (tertiary/aromatic N) is 1. The van der Waals surface area contributed by atoms with E-state index in [4.69, 9.17) is 0 Å². The van der Waals surface area contributed by atoms with Crippen molar-refractivity contribution >= 4 is 27.3 Å². The molecule has 5 rings (SSSR count). The van der Waals surface area contributed by atoms with E-state index in [0.717, 1.165) is 29.5 Å². The summed E-state index contributed by atoms with van der Waals surface area (Å²) in [5.74, 6) is 0.130. The molecule has 0 unspecified atom stereocenters. The lowest BCUT2D eigenvalue weighted by atomic mass is 9.89. The van der Waals surface area contributed by atoms with Gasteiger partial charge in [-0.15, -0.1) is 0 Å². The van der Waals surface area contributed by atoms with Gasteiger partial charge in [0.15, 0.2) is 5.78 Å². The van der Waals surface area contributed by atoms with Crippen molar-refractivity contribution < 1.29 is 4.79 Å². The largest absolute Gasteiger partial charge is 0.303 e. The van der Waals surface area contributed by atoms with Crippen molar-refractivity contribution in [1.29, 1.82) is 0 Å². The number of hydrogen-bond acceptors (Lipinski definition) is 2. The zero-order valence-electron chi connectivity index (χ0n) is 19.2. The zero-order valence-corrected chi connectivity index (χ0v) is 19.2. The van der Waals surface area contributed by atoms with E-state index in [0.29, 0.717) is 0 Å². The van der Waals surface area contributed by atoms with E-state index in [1.807, 2.05) is 6.07 Å². The Morgan fingerprint density at radius 3 is 2.31 bits per heavy atom. The molecule has 0 aromatic heterocycles. The number of likely N-dealkylation sites (tertiary alicyclic amines) is 1. The highest BCUT2D eigenvalue weighted by atomic mass is 16.1. The standard InChI is InChI=1S/C30H31NO/c1-21-8-6-10-23-20-24(12-13-25(21)23)30(32)29-15-14-26-22(2)9-7-11-27(26)28(29)16-19-31-17-4-3-5-18-31/h6-15,20H,3-5,16-19H2,1-2H3. The molecule has 0 spiro atoms. The van der Waals surface area contributed by atoms with Crippen LogP contribution in [0, 0.1) is 13.8 Å². The molecule has 0 saturated carbocycles. The second-order valence-electron chi connectivity index (χ2n) is 9.25. The van der Waals surface area contributed by atoms with E-state index in [1.54, 1.807) is 0 Å². The summed E-state index contributed by atoms with van der Waals surface area (Å²) in [5.41, 5.74) is 5.33. The van der Waals surface area contributed by atoms with Crippen LogP contribution in [0.5, 0.6) is 0 Å². The topological polar surface area (TPSA) is 20.3 Å². The Bertz CT molecular complexity index is 1300. The number of benzene rings is 4. The number of carbonyl (C=O) groups is 1. The van der Waals surface area contributed by atoms with Crippen molar-refractivity contribution in [2.24, 2.45) is 0 Å². The molecule has 0 amide bonds. The van der Waals surface area contributed by atoms with E-state index < -0.39 is 0 Å². The van der Waals surface area contributed by atoms with Gasteiger partial charge in [-0.25, -0.2) is 0 Å². The van der Waals surface area contributed by atoms with Gasteiger partial charge in [-0.05, 0) is 90.5 Å². The van der Waals surface area contributed by atoms with E-state index in [9.17, 15) is 4.79 Å². The van der Waals surface area contributed by atoms with Crippen molar-refractivity contribution in [3.63, 3.8) is 0 Å². The number of piperidine rings is 1. The molecule has 1 heterocycles. The average Bonchev–Trinajstić information content (AvgIpc) is 2.83. The monoisotopic (exact) mass is 421 g/mol. The van der Waals surface area contributed by atoms with Crippen LogP contribution in [0.4, 0.5) is 0 Å². The molecule has 4 aromatic carbocycles. The van der Waals surface area contributed by atoms with Crippen LogP contribution in [-0.2, 0) is 6.42 Å². The first-order chi connectivity index (χ1) is 15.6. The molecular weight excluding hydrogens is 390 g/mol. The molecule has 2 heteroatoms. The third kappa shape index (κ3) is 3.96. The van der Waals surface area contributed by atoms with Crippen LogP contribution in [0.2, 0.25) is 0 Å². The first kappa shape index (κ1) is 20.9. The molecule has 4 aromatic rings. The SMILES string of the molecule is Cc1cccc2cc(C(=O)c3ccc4c(C)cccc4c3CCN3CCCCC3)ccc12. The summed E-state index contributed by atoms with van der Waals surface area (Å²) >= 11 is 0. The van der Waals surface area contributed by atoms with E-state index in [-0.39, 0.29) is 5.78 Å². The molecule has 0 N–H and O–H groups in total. The Morgan fingerprint density at radius 2 is 1.50 bits per heavy atom. The number of carbonyl (C=O) groups excluding carboxylic acids is 1. The molecule has 0 aliphatic carbocycles. The van der Waals surface area contributed by atoms with Crippen molar-refractivity contribution in [3.8, 4) is 0 Å². The predicted molar refractivity (Wildman–Crippen MR) is 135 cm³/mol. The molecule has 1 fully saturated rings. The Morgan fingerprint density at radius 1 is 0.781 bits per heavy atom. The molecule has 0 radical (unpaired) electrons. The van der Waals surface area contributed by atoms with Crippen molar-refractivity contribution in [2.45, 2.75) is 39.5 Å². The molecule has 0 bridgehead atoms. The molecule has 1 saturated heterocycles.